The molecule has 0 saturated heterocycles. The van der Waals surface area contributed by atoms with Crippen LogP contribution in [0.3, 0.4) is 0 Å². The highest BCUT2D eigenvalue weighted by Gasteiger charge is 2.32. The van der Waals surface area contributed by atoms with E-state index in [1.807, 2.05) is 0 Å². The number of nitrogens with zero attached hydrogens (tertiary/aromatic N) is 1. The lowest BCUT2D eigenvalue weighted by atomic mass is 10.3. The molecular formula is C15H22N2O6S. The Labute approximate surface area is 141 Å². The van der Waals surface area contributed by atoms with Gasteiger partial charge in [-0.25, -0.2) is 8.42 Å². The van der Waals surface area contributed by atoms with Crippen LogP contribution < -0.4 is 10.1 Å². The largest absolute Gasteiger partial charge is 0.494 e. The maximum absolute atomic E-state index is 12.8. The van der Waals surface area contributed by atoms with E-state index in [9.17, 15) is 23.1 Å². The van der Waals surface area contributed by atoms with E-state index in [-0.39, 0.29) is 23.9 Å². The van der Waals surface area contributed by atoms with Gasteiger partial charge in [0.25, 0.3) is 0 Å². The first kappa shape index (κ1) is 19.9. The van der Waals surface area contributed by atoms with E-state index in [0.717, 1.165) is 4.31 Å². The number of hydrogen-bond donors (Lipinski definition) is 2. The van der Waals surface area contributed by atoms with Crippen molar-refractivity contribution in [2.45, 2.75) is 31.7 Å². The van der Waals surface area contributed by atoms with Gasteiger partial charge >= 0.3 is 5.97 Å². The maximum Gasteiger partial charge on any atom is 0.321 e. The smallest absolute Gasteiger partial charge is 0.321 e. The molecule has 134 valence electrons. The van der Waals surface area contributed by atoms with Gasteiger partial charge in [-0.3, -0.25) is 9.59 Å². The van der Waals surface area contributed by atoms with Gasteiger partial charge in [-0.15, -0.1) is 0 Å². The second-order valence-corrected chi connectivity index (χ2v) is 6.91. The number of ether oxygens (including phenoxy) is 1. The van der Waals surface area contributed by atoms with Crippen molar-refractivity contribution in [3.8, 4) is 5.75 Å². The molecule has 8 nitrogen and oxygen atoms in total. The fourth-order valence-electron chi connectivity index (χ4n) is 2.01. The van der Waals surface area contributed by atoms with Gasteiger partial charge in [0, 0.05) is 26.1 Å². The summed E-state index contributed by atoms with van der Waals surface area (Å²) in [6.07, 6.45) is 0. The number of benzene rings is 1. The lowest BCUT2D eigenvalue weighted by Gasteiger charge is -2.26. The van der Waals surface area contributed by atoms with Crippen molar-refractivity contribution in [2.75, 3.05) is 19.7 Å². The summed E-state index contributed by atoms with van der Waals surface area (Å²) in [6.45, 7) is 4.57. The molecule has 0 heterocycles. The Balaban J connectivity index is 3.15. The van der Waals surface area contributed by atoms with Crippen molar-refractivity contribution in [2.24, 2.45) is 0 Å². The summed E-state index contributed by atoms with van der Waals surface area (Å²) in [5.41, 5.74) is 0. The Hall–Kier alpha value is -2.13. The summed E-state index contributed by atoms with van der Waals surface area (Å²) in [5.74, 6) is -1.22. The van der Waals surface area contributed by atoms with Crippen molar-refractivity contribution in [1.29, 1.82) is 0 Å². The van der Waals surface area contributed by atoms with Gasteiger partial charge in [0.05, 0.1) is 11.5 Å². The molecule has 0 bridgehead atoms. The van der Waals surface area contributed by atoms with Gasteiger partial charge in [-0.1, -0.05) is 6.07 Å². The standard InChI is InChI=1S/C15H22N2O6S/c1-4-23-13-6-5-7-14(10-13)24(21,22)17(11(2)15(19)20)9-8-16-12(3)18/h5-7,10-11H,4,8-9H2,1-3H3,(H,16,18)(H,19,20). The van der Waals surface area contributed by atoms with E-state index < -0.39 is 22.0 Å². The summed E-state index contributed by atoms with van der Waals surface area (Å²) < 4.78 is 31.7. The minimum atomic E-state index is -4.06. The number of carbonyl (C=O) groups is 2. The van der Waals surface area contributed by atoms with Crippen molar-refractivity contribution >= 4 is 21.9 Å². The minimum Gasteiger partial charge on any atom is -0.494 e. The number of sulfonamides is 1. The average Bonchev–Trinajstić information content (AvgIpc) is 2.51. The number of amides is 1. The Bertz CT molecular complexity index is 689. The molecule has 0 aliphatic rings. The topological polar surface area (TPSA) is 113 Å². The number of carboxylic acid groups (broad SMARTS) is 1. The van der Waals surface area contributed by atoms with E-state index >= 15 is 0 Å². The SMILES string of the molecule is CCOc1cccc(S(=O)(=O)N(CCNC(C)=O)C(C)C(=O)O)c1. The Morgan fingerprint density at radius 3 is 2.58 bits per heavy atom. The third-order valence-corrected chi connectivity index (χ3v) is 5.18. The van der Waals surface area contributed by atoms with Gasteiger partial charge in [-0.05, 0) is 26.0 Å². The summed E-state index contributed by atoms with van der Waals surface area (Å²) in [5, 5.41) is 11.7. The predicted octanol–water partition coefficient (Wildman–Crippen LogP) is 0.685. The number of aliphatic carboxylic acids is 1. The molecule has 9 heteroatoms. The van der Waals surface area contributed by atoms with Crippen LogP contribution in [0.15, 0.2) is 29.2 Å². The highest BCUT2D eigenvalue weighted by Crippen LogP contribution is 2.22. The van der Waals surface area contributed by atoms with Gasteiger partial charge < -0.3 is 15.2 Å². The lowest BCUT2D eigenvalue weighted by Crippen LogP contribution is -2.46. The summed E-state index contributed by atoms with van der Waals surface area (Å²) in [4.78, 5) is 22.2. The van der Waals surface area contributed by atoms with Crippen LogP contribution >= 0.6 is 0 Å². The van der Waals surface area contributed by atoms with Gasteiger partial charge in [0.2, 0.25) is 15.9 Å². The van der Waals surface area contributed by atoms with Crippen LogP contribution in [0.1, 0.15) is 20.8 Å². The predicted molar refractivity (Wildman–Crippen MR) is 87.3 cm³/mol. The molecule has 0 aromatic heterocycles. The van der Waals surface area contributed by atoms with Gasteiger partial charge in [0.1, 0.15) is 11.8 Å². The summed E-state index contributed by atoms with van der Waals surface area (Å²) >= 11 is 0. The molecule has 0 fully saturated rings. The molecule has 1 aromatic carbocycles. The molecular weight excluding hydrogens is 336 g/mol. The fraction of sp³-hybridized carbons (Fsp3) is 0.467. The van der Waals surface area contributed by atoms with Crippen molar-refractivity contribution < 1.29 is 27.9 Å². The van der Waals surface area contributed by atoms with Crippen LogP contribution in [0.4, 0.5) is 0 Å². The number of hydrogen-bond acceptors (Lipinski definition) is 5. The normalized spacial score (nSPS) is 12.7. The molecule has 1 amide bonds. The van der Waals surface area contributed by atoms with Crippen LogP contribution in [0, 0.1) is 0 Å². The van der Waals surface area contributed by atoms with Crippen molar-refractivity contribution in [1.82, 2.24) is 9.62 Å². The van der Waals surface area contributed by atoms with Crippen LogP contribution in [0.25, 0.3) is 0 Å². The van der Waals surface area contributed by atoms with Crippen molar-refractivity contribution in [3.05, 3.63) is 24.3 Å². The zero-order valence-electron chi connectivity index (χ0n) is 13.9. The summed E-state index contributed by atoms with van der Waals surface area (Å²) in [7, 11) is -4.06. The van der Waals surface area contributed by atoms with E-state index in [4.69, 9.17) is 4.74 Å². The second kappa shape index (κ2) is 8.65. The summed E-state index contributed by atoms with van der Waals surface area (Å²) in [6, 6.07) is 4.58. The third kappa shape index (κ3) is 5.20. The quantitative estimate of drug-likeness (QED) is 0.671. The molecule has 0 aliphatic heterocycles. The molecule has 1 atom stereocenters. The molecule has 24 heavy (non-hydrogen) atoms. The molecule has 0 spiro atoms. The first-order chi connectivity index (χ1) is 11.2. The van der Waals surface area contributed by atoms with E-state index in [1.165, 1.54) is 32.0 Å². The molecule has 0 saturated carbocycles. The zero-order chi connectivity index (χ0) is 18.3. The molecule has 1 unspecified atom stereocenters. The van der Waals surface area contributed by atoms with E-state index in [0.29, 0.717) is 12.4 Å². The minimum absolute atomic E-state index is 0.0112. The highest BCUT2D eigenvalue weighted by atomic mass is 32.2. The Kier molecular flexibility index (Phi) is 7.18. The molecule has 2 N–H and O–H groups in total. The second-order valence-electron chi connectivity index (χ2n) is 5.02. The Morgan fingerprint density at radius 2 is 2.04 bits per heavy atom. The first-order valence-electron chi connectivity index (χ1n) is 7.42. The Morgan fingerprint density at radius 1 is 1.38 bits per heavy atom. The molecule has 0 aliphatic carbocycles. The number of carbonyl (C=O) groups excluding carboxylic acids is 1. The lowest BCUT2D eigenvalue weighted by molar-refractivity contribution is -0.140. The van der Waals surface area contributed by atoms with Gasteiger partial charge in [0.15, 0.2) is 0 Å². The van der Waals surface area contributed by atoms with E-state index in [1.54, 1.807) is 13.0 Å². The van der Waals surface area contributed by atoms with Crippen LogP contribution in [-0.2, 0) is 19.6 Å². The zero-order valence-corrected chi connectivity index (χ0v) is 14.7. The molecule has 0 radical (unpaired) electrons. The van der Waals surface area contributed by atoms with Crippen LogP contribution in [0.2, 0.25) is 0 Å². The number of nitrogens with one attached hydrogen (secondary N) is 1. The van der Waals surface area contributed by atoms with Crippen LogP contribution in [0.5, 0.6) is 5.75 Å². The molecule has 1 rings (SSSR count). The van der Waals surface area contributed by atoms with Crippen LogP contribution in [-0.4, -0.2) is 55.4 Å². The maximum atomic E-state index is 12.8. The number of rotatable bonds is 9. The van der Waals surface area contributed by atoms with E-state index in [2.05, 4.69) is 5.32 Å². The fourth-order valence-corrected chi connectivity index (χ4v) is 3.64. The monoisotopic (exact) mass is 358 g/mol. The third-order valence-electron chi connectivity index (χ3n) is 3.22. The van der Waals surface area contributed by atoms with Crippen molar-refractivity contribution in [3.63, 3.8) is 0 Å². The highest BCUT2D eigenvalue weighted by molar-refractivity contribution is 7.89. The number of carboxylic acids is 1. The van der Waals surface area contributed by atoms with Gasteiger partial charge in [-0.2, -0.15) is 4.31 Å². The molecule has 1 aromatic rings. The average molecular weight is 358 g/mol. The first-order valence-corrected chi connectivity index (χ1v) is 8.86.